The molecule has 2 aliphatic rings. The molecule has 2 aliphatic heterocycles. The number of hydrogen-bond acceptors (Lipinski definition) is 3. The summed E-state index contributed by atoms with van der Waals surface area (Å²) >= 11 is 0. The normalized spacial score (nSPS) is 31.5. The molecule has 84 valence electrons. The number of carbonyl (C=O) groups excluding carboxylic acids is 2. The lowest BCUT2D eigenvalue weighted by Crippen LogP contribution is -2.56. The first kappa shape index (κ1) is 10.4. The van der Waals surface area contributed by atoms with E-state index in [1.165, 1.54) is 0 Å². The second-order valence-electron chi connectivity index (χ2n) is 4.24. The molecule has 2 saturated heterocycles. The molecule has 0 aromatic heterocycles. The highest BCUT2D eigenvalue weighted by Crippen LogP contribution is 2.12. The summed E-state index contributed by atoms with van der Waals surface area (Å²) in [6.07, 6.45) is 1.13. The Balaban J connectivity index is 1.97. The third-order valence-electron chi connectivity index (χ3n) is 3.08. The predicted octanol–water partition coefficient (Wildman–Crippen LogP) is -0.915. The van der Waals surface area contributed by atoms with Gasteiger partial charge in [-0.15, -0.1) is 0 Å². The summed E-state index contributed by atoms with van der Waals surface area (Å²) in [4.78, 5) is 24.9. The van der Waals surface area contributed by atoms with Crippen LogP contribution in [0.2, 0.25) is 0 Å². The molecule has 2 amide bonds. The van der Waals surface area contributed by atoms with E-state index in [9.17, 15) is 9.59 Å². The van der Waals surface area contributed by atoms with Crippen LogP contribution in [-0.2, 0) is 9.59 Å². The fraction of sp³-hybridized carbons (Fsp3) is 0.800. The highest BCUT2D eigenvalue weighted by molar-refractivity contribution is 5.91. The molecule has 5 heteroatoms. The van der Waals surface area contributed by atoms with E-state index in [4.69, 9.17) is 0 Å². The van der Waals surface area contributed by atoms with Crippen molar-refractivity contribution in [1.29, 1.82) is 0 Å². The number of nitrogens with one attached hydrogen (secondary N) is 2. The maximum absolute atomic E-state index is 12.0. The number of nitrogens with zero attached hydrogens (tertiary/aromatic N) is 1. The Hall–Kier alpha value is -1.10. The lowest BCUT2D eigenvalue weighted by atomic mass is 10.1. The molecule has 2 fully saturated rings. The Labute approximate surface area is 89.2 Å². The van der Waals surface area contributed by atoms with Crippen molar-refractivity contribution in [3.05, 3.63) is 0 Å². The van der Waals surface area contributed by atoms with Gasteiger partial charge < -0.3 is 15.5 Å². The van der Waals surface area contributed by atoms with Crippen molar-refractivity contribution in [2.24, 2.45) is 0 Å². The van der Waals surface area contributed by atoms with Gasteiger partial charge in [0.25, 0.3) is 0 Å². The predicted molar refractivity (Wildman–Crippen MR) is 55.2 cm³/mol. The standard InChI is InChI=1S/C10H17N3O2/c1-7-6-11-4-5-13(7)10(15)8-2-3-9(14)12-8/h7-8,11H,2-6H2,1H3,(H,12,14)/t7-,8?/m1/s1. The largest absolute Gasteiger partial charge is 0.344 e. The van der Waals surface area contributed by atoms with Gasteiger partial charge in [0.05, 0.1) is 0 Å². The molecule has 2 rings (SSSR count). The van der Waals surface area contributed by atoms with Gasteiger partial charge in [-0.25, -0.2) is 0 Å². The average molecular weight is 211 g/mol. The SMILES string of the molecule is C[C@@H]1CNCCN1C(=O)C1CCC(=O)N1. The fourth-order valence-electron chi connectivity index (χ4n) is 2.17. The topological polar surface area (TPSA) is 61.4 Å². The van der Waals surface area contributed by atoms with Gasteiger partial charge in [0.15, 0.2) is 0 Å². The van der Waals surface area contributed by atoms with Gasteiger partial charge in [-0.1, -0.05) is 0 Å². The van der Waals surface area contributed by atoms with Crippen molar-refractivity contribution < 1.29 is 9.59 Å². The lowest BCUT2D eigenvalue weighted by Gasteiger charge is -2.35. The molecular weight excluding hydrogens is 194 g/mol. The minimum Gasteiger partial charge on any atom is -0.344 e. The third kappa shape index (κ3) is 2.12. The zero-order valence-corrected chi connectivity index (χ0v) is 8.95. The van der Waals surface area contributed by atoms with Crippen LogP contribution < -0.4 is 10.6 Å². The summed E-state index contributed by atoms with van der Waals surface area (Å²) in [5.74, 6) is 0.0750. The highest BCUT2D eigenvalue weighted by Gasteiger charge is 2.33. The van der Waals surface area contributed by atoms with E-state index in [1.807, 2.05) is 11.8 Å². The molecule has 2 N–H and O–H groups in total. The van der Waals surface area contributed by atoms with Crippen LogP contribution in [0, 0.1) is 0 Å². The first-order valence-corrected chi connectivity index (χ1v) is 5.49. The van der Waals surface area contributed by atoms with Crippen LogP contribution in [0.15, 0.2) is 0 Å². The van der Waals surface area contributed by atoms with Gasteiger partial charge in [0, 0.05) is 32.1 Å². The Morgan fingerprint density at radius 1 is 1.53 bits per heavy atom. The van der Waals surface area contributed by atoms with Gasteiger partial charge in [-0.3, -0.25) is 9.59 Å². The van der Waals surface area contributed by atoms with Crippen molar-refractivity contribution in [2.45, 2.75) is 31.8 Å². The molecule has 1 unspecified atom stereocenters. The molecular formula is C10H17N3O2. The summed E-state index contributed by atoms with van der Waals surface area (Å²) in [6.45, 7) is 4.45. The molecule has 0 radical (unpaired) electrons. The Morgan fingerprint density at radius 3 is 2.93 bits per heavy atom. The number of rotatable bonds is 1. The molecule has 0 saturated carbocycles. The summed E-state index contributed by atoms with van der Waals surface area (Å²) in [6, 6.07) is -0.0539. The van der Waals surface area contributed by atoms with E-state index in [-0.39, 0.29) is 23.9 Å². The molecule has 5 nitrogen and oxygen atoms in total. The first-order valence-electron chi connectivity index (χ1n) is 5.49. The van der Waals surface area contributed by atoms with Crippen molar-refractivity contribution in [2.75, 3.05) is 19.6 Å². The van der Waals surface area contributed by atoms with E-state index in [0.29, 0.717) is 12.8 Å². The highest BCUT2D eigenvalue weighted by atomic mass is 16.2. The van der Waals surface area contributed by atoms with E-state index >= 15 is 0 Å². The van der Waals surface area contributed by atoms with Crippen LogP contribution >= 0.6 is 0 Å². The van der Waals surface area contributed by atoms with Gasteiger partial charge in [0.1, 0.15) is 6.04 Å². The van der Waals surface area contributed by atoms with Crippen LogP contribution in [0.4, 0.5) is 0 Å². The molecule has 0 aromatic carbocycles. The van der Waals surface area contributed by atoms with Crippen LogP contribution in [-0.4, -0.2) is 48.4 Å². The Morgan fingerprint density at radius 2 is 2.33 bits per heavy atom. The quantitative estimate of drug-likeness (QED) is 0.590. The van der Waals surface area contributed by atoms with Crippen LogP contribution in [0.25, 0.3) is 0 Å². The van der Waals surface area contributed by atoms with E-state index < -0.39 is 0 Å². The minimum atomic E-state index is -0.280. The van der Waals surface area contributed by atoms with E-state index in [1.54, 1.807) is 0 Å². The maximum Gasteiger partial charge on any atom is 0.245 e. The summed E-state index contributed by atoms with van der Waals surface area (Å²) < 4.78 is 0. The average Bonchev–Trinajstić information content (AvgIpc) is 2.65. The molecule has 2 atom stereocenters. The van der Waals surface area contributed by atoms with Crippen LogP contribution in [0.5, 0.6) is 0 Å². The monoisotopic (exact) mass is 211 g/mol. The molecule has 0 spiro atoms. The zero-order valence-electron chi connectivity index (χ0n) is 8.95. The molecule has 0 aliphatic carbocycles. The Bertz CT molecular complexity index is 280. The molecule has 0 bridgehead atoms. The molecule has 15 heavy (non-hydrogen) atoms. The first-order chi connectivity index (χ1) is 7.18. The minimum absolute atomic E-state index is 0.00358. The fourth-order valence-corrected chi connectivity index (χ4v) is 2.17. The van der Waals surface area contributed by atoms with Crippen molar-refractivity contribution in [3.8, 4) is 0 Å². The van der Waals surface area contributed by atoms with Gasteiger partial charge >= 0.3 is 0 Å². The van der Waals surface area contributed by atoms with Crippen LogP contribution in [0.1, 0.15) is 19.8 Å². The lowest BCUT2D eigenvalue weighted by molar-refractivity contribution is -0.137. The van der Waals surface area contributed by atoms with Gasteiger partial charge in [-0.2, -0.15) is 0 Å². The summed E-state index contributed by atoms with van der Waals surface area (Å²) in [5.41, 5.74) is 0. The Kier molecular flexibility index (Phi) is 2.90. The second-order valence-corrected chi connectivity index (χ2v) is 4.24. The van der Waals surface area contributed by atoms with Crippen molar-refractivity contribution in [3.63, 3.8) is 0 Å². The van der Waals surface area contributed by atoms with Crippen molar-refractivity contribution in [1.82, 2.24) is 15.5 Å². The second kappa shape index (κ2) is 4.18. The number of hydrogen-bond donors (Lipinski definition) is 2. The van der Waals surface area contributed by atoms with Gasteiger partial charge in [-0.05, 0) is 13.3 Å². The number of amides is 2. The zero-order chi connectivity index (χ0) is 10.8. The molecule has 2 heterocycles. The number of carbonyl (C=O) groups is 2. The maximum atomic E-state index is 12.0. The van der Waals surface area contributed by atoms with E-state index in [2.05, 4.69) is 10.6 Å². The number of piperazine rings is 1. The van der Waals surface area contributed by atoms with Gasteiger partial charge in [0.2, 0.25) is 11.8 Å². The van der Waals surface area contributed by atoms with Crippen LogP contribution in [0.3, 0.4) is 0 Å². The smallest absolute Gasteiger partial charge is 0.245 e. The van der Waals surface area contributed by atoms with E-state index in [0.717, 1.165) is 19.6 Å². The summed E-state index contributed by atoms with van der Waals surface area (Å²) in [7, 11) is 0. The summed E-state index contributed by atoms with van der Waals surface area (Å²) in [5, 5.41) is 5.96. The van der Waals surface area contributed by atoms with Crippen molar-refractivity contribution >= 4 is 11.8 Å². The molecule has 0 aromatic rings. The third-order valence-corrected chi connectivity index (χ3v) is 3.08.